The van der Waals surface area contributed by atoms with Gasteiger partial charge in [-0.2, -0.15) is 0 Å². The van der Waals surface area contributed by atoms with Crippen LogP contribution in [0.25, 0.3) is 5.69 Å². The molecule has 172 valence electrons. The highest BCUT2D eigenvalue weighted by Gasteiger charge is 2.27. The Morgan fingerprint density at radius 2 is 1.70 bits per heavy atom. The second-order valence-corrected chi connectivity index (χ2v) is 8.63. The normalized spacial score (nSPS) is 15.3. The third-order valence-corrected chi connectivity index (χ3v) is 6.35. The second-order valence-electron chi connectivity index (χ2n) is 8.63. The van der Waals surface area contributed by atoms with Gasteiger partial charge in [0.25, 0.3) is 0 Å². The van der Waals surface area contributed by atoms with Gasteiger partial charge in [-0.3, -0.25) is 14.5 Å². The molecule has 1 N–H and O–H groups in total. The van der Waals surface area contributed by atoms with Crippen LogP contribution in [0.5, 0.6) is 0 Å². The van der Waals surface area contributed by atoms with E-state index in [2.05, 4.69) is 40.3 Å². The van der Waals surface area contributed by atoms with E-state index in [4.69, 9.17) is 0 Å². The van der Waals surface area contributed by atoms with Gasteiger partial charge >= 0.3 is 11.8 Å². The van der Waals surface area contributed by atoms with Gasteiger partial charge < -0.3 is 14.8 Å². The quantitative estimate of drug-likeness (QED) is 0.613. The number of imidazole rings is 1. The molecule has 1 saturated heterocycles. The lowest BCUT2D eigenvalue weighted by molar-refractivity contribution is -0.147. The smallest absolute Gasteiger partial charge is 0.311 e. The second kappa shape index (κ2) is 10.0. The molecule has 0 saturated carbocycles. The van der Waals surface area contributed by atoms with Gasteiger partial charge in [0.15, 0.2) is 0 Å². The van der Waals surface area contributed by atoms with Crippen molar-refractivity contribution in [2.45, 2.75) is 33.4 Å². The van der Waals surface area contributed by atoms with E-state index in [0.717, 1.165) is 36.7 Å². The van der Waals surface area contributed by atoms with Crippen LogP contribution in [0.2, 0.25) is 0 Å². The van der Waals surface area contributed by atoms with Gasteiger partial charge in [0.1, 0.15) is 5.82 Å². The lowest BCUT2D eigenvalue weighted by Crippen LogP contribution is -2.52. The Labute approximate surface area is 195 Å². The highest BCUT2D eigenvalue weighted by Crippen LogP contribution is 2.17. The molecule has 0 radical (unpaired) electrons. The Morgan fingerprint density at radius 3 is 2.33 bits per heavy atom. The zero-order valence-corrected chi connectivity index (χ0v) is 19.5. The standard InChI is InChI=1S/C26H31N5O2/c1-19-6-4-5-7-23(19)18-29-14-16-30(17-15-29)26(33)25(32)28-20(2)22-8-10-24(11-9-22)31-13-12-27-21(31)3/h4-13,20H,14-18H2,1-3H3,(H,28,32). The molecular formula is C26H31N5O2. The molecule has 7 nitrogen and oxygen atoms in total. The molecule has 0 spiro atoms. The summed E-state index contributed by atoms with van der Waals surface area (Å²) >= 11 is 0. The number of carbonyl (C=O) groups is 2. The first-order valence-electron chi connectivity index (χ1n) is 11.4. The average Bonchev–Trinajstić information content (AvgIpc) is 3.26. The molecule has 1 aliphatic rings. The van der Waals surface area contributed by atoms with E-state index >= 15 is 0 Å². The number of rotatable bonds is 5. The van der Waals surface area contributed by atoms with Crippen LogP contribution in [-0.2, 0) is 16.1 Å². The third kappa shape index (κ3) is 5.31. The topological polar surface area (TPSA) is 70.5 Å². The van der Waals surface area contributed by atoms with Crippen molar-refractivity contribution in [2.24, 2.45) is 0 Å². The lowest BCUT2D eigenvalue weighted by Gasteiger charge is -2.34. The summed E-state index contributed by atoms with van der Waals surface area (Å²) in [5.74, 6) is -0.0962. The molecule has 1 aromatic heterocycles. The van der Waals surface area contributed by atoms with E-state index in [1.165, 1.54) is 11.1 Å². The summed E-state index contributed by atoms with van der Waals surface area (Å²) in [5, 5.41) is 2.85. The Morgan fingerprint density at radius 1 is 1.00 bits per heavy atom. The maximum atomic E-state index is 12.7. The first kappa shape index (κ1) is 22.7. The van der Waals surface area contributed by atoms with E-state index in [9.17, 15) is 9.59 Å². The fraction of sp³-hybridized carbons (Fsp3) is 0.346. The van der Waals surface area contributed by atoms with Gasteiger partial charge in [0, 0.05) is 50.8 Å². The Bertz CT molecular complexity index is 1110. The molecule has 7 heteroatoms. The summed E-state index contributed by atoms with van der Waals surface area (Å²) in [6.45, 7) is 9.47. The molecular weight excluding hydrogens is 414 g/mol. The summed E-state index contributed by atoms with van der Waals surface area (Å²) < 4.78 is 2.00. The Kier molecular flexibility index (Phi) is 6.89. The molecule has 1 unspecified atom stereocenters. The molecule has 4 rings (SSSR count). The minimum atomic E-state index is -0.551. The molecule has 2 aromatic carbocycles. The van der Waals surface area contributed by atoms with E-state index in [1.54, 1.807) is 11.1 Å². The van der Waals surface area contributed by atoms with E-state index in [-0.39, 0.29) is 6.04 Å². The molecule has 1 atom stereocenters. The van der Waals surface area contributed by atoms with Crippen LogP contribution in [0, 0.1) is 13.8 Å². The zero-order valence-electron chi connectivity index (χ0n) is 19.5. The highest BCUT2D eigenvalue weighted by atomic mass is 16.2. The monoisotopic (exact) mass is 445 g/mol. The third-order valence-electron chi connectivity index (χ3n) is 6.35. The number of amides is 2. The maximum absolute atomic E-state index is 12.7. The molecule has 2 amide bonds. The molecule has 3 aromatic rings. The number of benzene rings is 2. The number of aryl methyl sites for hydroxylation is 2. The number of aromatic nitrogens is 2. The predicted molar refractivity (Wildman–Crippen MR) is 128 cm³/mol. The fourth-order valence-electron chi connectivity index (χ4n) is 4.20. The van der Waals surface area contributed by atoms with Crippen molar-refractivity contribution in [3.8, 4) is 5.69 Å². The van der Waals surface area contributed by atoms with Crippen molar-refractivity contribution in [1.82, 2.24) is 24.7 Å². The van der Waals surface area contributed by atoms with Crippen molar-refractivity contribution >= 4 is 11.8 Å². The summed E-state index contributed by atoms with van der Waals surface area (Å²) in [6.07, 6.45) is 3.68. The van der Waals surface area contributed by atoms with Crippen LogP contribution >= 0.6 is 0 Å². The number of nitrogens with one attached hydrogen (secondary N) is 1. The van der Waals surface area contributed by atoms with E-state index in [1.807, 2.05) is 54.9 Å². The number of nitrogens with zero attached hydrogens (tertiary/aromatic N) is 4. The minimum absolute atomic E-state index is 0.262. The number of hydrogen-bond donors (Lipinski definition) is 1. The predicted octanol–water partition coefficient (Wildman–Crippen LogP) is 3.01. The molecule has 1 fully saturated rings. The maximum Gasteiger partial charge on any atom is 0.311 e. The molecule has 2 heterocycles. The molecule has 0 aliphatic carbocycles. The summed E-state index contributed by atoms with van der Waals surface area (Å²) in [6, 6.07) is 16.0. The lowest BCUT2D eigenvalue weighted by atomic mass is 10.1. The summed E-state index contributed by atoms with van der Waals surface area (Å²) in [7, 11) is 0. The van der Waals surface area contributed by atoms with Gasteiger partial charge in [-0.25, -0.2) is 4.98 Å². The Hall–Kier alpha value is -3.45. The summed E-state index contributed by atoms with van der Waals surface area (Å²) in [5.41, 5.74) is 4.53. The van der Waals surface area contributed by atoms with Gasteiger partial charge in [0.05, 0.1) is 6.04 Å². The molecule has 1 aliphatic heterocycles. The Balaban J connectivity index is 1.28. The number of piperazine rings is 1. The molecule has 33 heavy (non-hydrogen) atoms. The van der Waals surface area contributed by atoms with Crippen molar-refractivity contribution in [3.05, 3.63) is 83.4 Å². The van der Waals surface area contributed by atoms with Gasteiger partial charge in [-0.1, -0.05) is 36.4 Å². The summed E-state index contributed by atoms with van der Waals surface area (Å²) in [4.78, 5) is 33.6. The van der Waals surface area contributed by atoms with Crippen LogP contribution in [-0.4, -0.2) is 57.3 Å². The first-order chi connectivity index (χ1) is 15.9. The van der Waals surface area contributed by atoms with Crippen LogP contribution < -0.4 is 5.32 Å². The average molecular weight is 446 g/mol. The van der Waals surface area contributed by atoms with E-state index in [0.29, 0.717) is 13.1 Å². The highest BCUT2D eigenvalue weighted by molar-refractivity contribution is 6.35. The zero-order chi connectivity index (χ0) is 23.4. The van der Waals surface area contributed by atoms with Crippen LogP contribution in [0.1, 0.15) is 35.5 Å². The SMILES string of the molecule is Cc1ccccc1CN1CCN(C(=O)C(=O)NC(C)c2ccc(-n3ccnc3C)cc2)CC1. The largest absolute Gasteiger partial charge is 0.341 e. The number of carbonyl (C=O) groups excluding carboxylic acids is 2. The van der Waals surface area contributed by atoms with Crippen molar-refractivity contribution in [3.63, 3.8) is 0 Å². The van der Waals surface area contributed by atoms with Gasteiger partial charge in [-0.15, -0.1) is 0 Å². The van der Waals surface area contributed by atoms with Crippen molar-refractivity contribution < 1.29 is 9.59 Å². The van der Waals surface area contributed by atoms with Gasteiger partial charge in [0.2, 0.25) is 0 Å². The van der Waals surface area contributed by atoms with Gasteiger partial charge in [-0.05, 0) is 49.6 Å². The molecule has 0 bridgehead atoms. The van der Waals surface area contributed by atoms with Crippen molar-refractivity contribution in [1.29, 1.82) is 0 Å². The van der Waals surface area contributed by atoms with Crippen LogP contribution in [0.3, 0.4) is 0 Å². The fourth-order valence-corrected chi connectivity index (χ4v) is 4.20. The van der Waals surface area contributed by atoms with Crippen LogP contribution in [0.4, 0.5) is 0 Å². The first-order valence-corrected chi connectivity index (χ1v) is 11.4. The number of hydrogen-bond acceptors (Lipinski definition) is 4. The van der Waals surface area contributed by atoms with E-state index < -0.39 is 11.8 Å². The van der Waals surface area contributed by atoms with Crippen molar-refractivity contribution in [2.75, 3.05) is 26.2 Å². The van der Waals surface area contributed by atoms with Crippen LogP contribution in [0.15, 0.2) is 60.9 Å². The minimum Gasteiger partial charge on any atom is -0.341 e.